The van der Waals surface area contributed by atoms with Crippen molar-refractivity contribution in [1.29, 1.82) is 0 Å². The number of hydrogen-bond donors (Lipinski definition) is 2. The summed E-state index contributed by atoms with van der Waals surface area (Å²) in [6.07, 6.45) is 7.07. The number of fused-ring (bicyclic) bond motifs is 2. The van der Waals surface area contributed by atoms with E-state index in [1.807, 2.05) is 13.0 Å². The van der Waals surface area contributed by atoms with Crippen LogP contribution in [0.1, 0.15) is 24.8 Å². The van der Waals surface area contributed by atoms with Crippen LogP contribution in [0.3, 0.4) is 0 Å². The van der Waals surface area contributed by atoms with Crippen molar-refractivity contribution in [2.75, 3.05) is 11.1 Å². The Labute approximate surface area is 172 Å². The second-order valence-corrected chi connectivity index (χ2v) is 8.20. The van der Waals surface area contributed by atoms with Crippen LogP contribution in [0, 0.1) is 30.5 Å². The quantitative estimate of drug-likeness (QED) is 0.646. The van der Waals surface area contributed by atoms with Gasteiger partial charge in [-0.3, -0.25) is 14.6 Å². The predicted molar refractivity (Wildman–Crippen MR) is 112 cm³/mol. The SMILES string of the molecule is Cc1ccncc1-c1cc2cc(NC(=O)[C@H]3[C@@H]4CCCC(=O)[C@@H]43)ncc2c(N)c1F. The molecule has 0 saturated heterocycles. The Bertz CT molecular complexity index is 1210. The van der Waals surface area contributed by atoms with Gasteiger partial charge in [-0.05, 0) is 54.8 Å². The van der Waals surface area contributed by atoms with Crippen LogP contribution < -0.4 is 11.1 Å². The van der Waals surface area contributed by atoms with Gasteiger partial charge in [0, 0.05) is 47.4 Å². The molecule has 2 fully saturated rings. The Morgan fingerprint density at radius 2 is 2.10 bits per heavy atom. The zero-order valence-electron chi connectivity index (χ0n) is 16.5. The molecule has 152 valence electrons. The Hall–Kier alpha value is -3.35. The van der Waals surface area contributed by atoms with Crippen molar-refractivity contribution in [3.8, 4) is 11.1 Å². The molecule has 7 heteroatoms. The van der Waals surface area contributed by atoms with E-state index in [-0.39, 0.29) is 35.1 Å². The van der Waals surface area contributed by atoms with E-state index in [0.29, 0.717) is 34.1 Å². The lowest BCUT2D eigenvalue weighted by atomic mass is 9.98. The van der Waals surface area contributed by atoms with Gasteiger partial charge < -0.3 is 11.1 Å². The summed E-state index contributed by atoms with van der Waals surface area (Å²) in [4.78, 5) is 33.0. The first-order valence-electron chi connectivity index (χ1n) is 10.1. The molecular formula is C23H21FN4O2. The number of pyridine rings is 2. The Balaban J connectivity index is 1.48. The Kier molecular flexibility index (Phi) is 4.27. The number of halogens is 1. The van der Waals surface area contributed by atoms with Gasteiger partial charge in [-0.25, -0.2) is 9.37 Å². The normalized spacial score (nSPS) is 22.6. The molecule has 6 nitrogen and oxygen atoms in total. The number of anilines is 2. The zero-order valence-corrected chi connectivity index (χ0v) is 16.5. The third-order valence-corrected chi connectivity index (χ3v) is 6.38. The highest BCUT2D eigenvalue weighted by Crippen LogP contribution is 2.54. The minimum Gasteiger partial charge on any atom is -0.396 e. The number of carbonyl (C=O) groups is 2. The molecule has 1 aromatic carbocycles. The van der Waals surface area contributed by atoms with Gasteiger partial charge in [-0.2, -0.15) is 0 Å². The van der Waals surface area contributed by atoms with E-state index >= 15 is 0 Å². The molecule has 0 unspecified atom stereocenters. The number of aromatic nitrogens is 2. The van der Waals surface area contributed by atoms with Gasteiger partial charge in [-0.15, -0.1) is 0 Å². The minimum absolute atomic E-state index is 0.00920. The molecule has 2 saturated carbocycles. The van der Waals surface area contributed by atoms with Crippen LogP contribution in [0.5, 0.6) is 0 Å². The van der Waals surface area contributed by atoms with E-state index in [1.165, 1.54) is 6.20 Å². The number of benzene rings is 1. The van der Waals surface area contributed by atoms with Crippen molar-refractivity contribution in [2.24, 2.45) is 17.8 Å². The minimum atomic E-state index is -0.516. The van der Waals surface area contributed by atoms with Gasteiger partial charge in [0.25, 0.3) is 0 Å². The van der Waals surface area contributed by atoms with Crippen LogP contribution in [0.2, 0.25) is 0 Å². The number of amides is 1. The molecule has 1 amide bonds. The first-order chi connectivity index (χ1) is 14.5. The number of hydrogen-bond acceptors (Lipinski definition) is 5. The second-order valence-electron chi connectivity index (χ2n) is 8.20. The number of rotatable bonds is 3. The molecule has 0 spiro atoms. The van der Waals surface area contributed by atoms with E-state index in [0.717, 1.165) is 18.4 Å². The standard InChI is InChI=1S/C23H21FN4O2/c1-11-5-6-26-9-15(11)14-7-12-8-18(27-10-16(12)22(25)21(14)24)28-23(30)20-13-3-2-4-17(29)19(13)20/h5-10,13,19-20H,2-4,25H2,1H3,(H,27,28,30)/t13-,19-,20+/m1/s1. The van der Waals surface area contributed by atoms with E-state index in [9.17, 15) is 14.0 Å². The maximum atomic E-state index is 14.9. The molecule has 0 radical (unpaired) electrons. The van der Waals surface area contributed by atoms with Crippen LogP contribution in [-0.4, -0.2) is 21.7 Å². The van der Waals surface area contributed by atoms with E-state index < -0.39 is 5.82 Å². The van der Waals surface area contributed by atoms with Crippen LogP contribution in [0.25, 0.3) is 21.9 Å². The van der Waals surface area contributed by atoms with Gasteiger partial charge >= 0.3 is 0 Å². The molecule has 3 atom stereocenters. The topological polar surface area (TPSA) is 98.0 Å². The van der Waals surface area contributed by atoms with Gasteiger partial charge in [0.15, 0.2) is 5.82 Å². The molecular weight excluding hydrogens is 383 g/mol. The number of nitrogens with one attached hydrogen (secondary N) is 1. The zero-order chi connectivity index (χ0) is 21.0. The summed E-state index contributed by atoms with van der Waals surface area (Å²) in [7, 11) is 0. The molecule has 0 bridgehead atoms. The van der Waals surface area contributed by atoms with E-state index in [2.05, 4.69) is 15.3 Å². The van der Waals surface area contributed by atoms with Crippen LogP contribution in [0.4, 0.5) is 15.9 Å². The molecule has 0 aliphatic heterocycles. The Morgan fingerprint density at radius 1 is 1.27 bits per heavy atom. The molecule has 5 rings (SSSR count). The average Bonchev–Trinajstić information content (AvgIpc) is 3.47. The van der Waals surface area contributed by atoms with Crippen LogP contribution in [0.15, 0.2) is 36.8 Å². The van der Waals surface area contributed by atoms with Crippen molar-refractivity contribution in [3.63, 3.8) is 0 Å². The number of ketones is 1. The molecule has 2 heterocycles. The molecule has 30 heavy (non-hydrogen) atoms. The second kappa shape index (κ2) is 6.86. The number of nitrogens with zero attached hydrogens (tertiary/aromatic N) is 2. The summed E-state index contributed by atoms with van der Waals surface area (Å²) in [6.45, 7) is 1.88. The van der Waals surface area contributed by atoms with Crippen molar-refractivity contribution in [3.05, 3.63) is 48.2 Å². The summed E-state index contributed by atoms with van der Waals surface area (Å²) in [5.41, 5.74) is 7.95. The van der Waals surface area contributed by atoms with E-state index in [1.54, 1.807) is 24.5 Å². The molecule has 2 aliphatic rings. The summed E-state index contributed by atoms with van der Waals surface area (Å²) in [5, 5.41) is 3.97. The first kappa shape index (κ1) is 18.7. The summed E-state index contributed by atoms with van der Waals surface area (Å²) >= 11 is 0. The molecule has 2 aromatic heterocycles. The highest BCUT2D eigenvalue weighted by Gasteiger charge is 2.59. The number of aryl methyl sites for hydroxylation is 1. The number of carbonyl (C=O) groups excluding carboxylic acids is 2. The molecule has 3 N–H and O–H groups in total. The van der Waals surface area contributed by atoms with Gasteiger partial charge in [0.05, 0.1) is 11.6 Å². The highest BCUT2D eigenvalue weighted by atomic mass is 19.1. The molecule has 3 aromatic rings. The average molecular weight is 404 g/mol. The number of nitrogen functional groups attached to an aromatic ring is 1. The summed E-state index contributed by atoms with van der Waals surface area (Å²) in [5.74, 6) is -0.366. The largest absolute Gasteiger partial charge is 0.396 e. The maximum Gasteiger partial charge on any atom is 0.229 e. The number of nitrogens with two attached hydrogens (primary N) is 1. The van der Waals surface area contributed by atoms with Crippen molar-refractivity contribution in [2.45, 2.75) is 26.2 Å². The Morgan fingerprint density at radius 3 is 2.87 bits per heavy atom. The third kappa shape index (κ3) is 2.93. The lowest BCUT2D eigenvalue weighted by Gasteiger charge is -2.12. The smallest absolute Gasteiger partial charge is 0.229 e. The highest BCUT2D eigenvalue weighted by molar-refractivity contribution is 6.03. The predicted octanol–water partition coefficient (Wildman–Crippen LogP) is 3.88. The van der Waals surface area contributed by atoms with Crippen molar-refractivity contribution < 1.29 is 14.0 Å². The van der Waals surface area contributed by atoms with Gasteiger partial charge in [-0.1, -0.05) is 0 Å². The van der Waals surface area contributed by atoms with Crippen LogP contribution in [-0.2, 0) is 9.59 Å². The fraction of sp³-hybridized carbons (Fsp3) is 0.304. The fourth-order valence-electron chi connectivity index (χ4n) is 4.73. The summed E-state index contributed by atoms with van der Waals surface area (Å²) < 4.78 is 14.9. The van der Waals surface area contributed by atoms with Crippen LogP contribution >= 0.6 is 0 Å². The first-order valence-corrected chi connectivity index (χ1v) is 10.1. The number of Topliss-reactive ketones (excluding diaryl/α,β-unsaturated/α-hetero) is 1. The maximum absolute atomic E-state index is 14.9. The lowest BCUT2D eigenvalue weighted by Crippen LogP contribution is -2.17. The fourth-order valence-corrected chi connectivity index (χ4v) is 4.73. The van der Waals surface area contributed by atoms with Gasteiger partial charge in [0.1, 0.15) is 11.6 Å². The summed E-state index contributed by atoms with van der Waals surface area (Å²) in [6, 6.07) is 5.19. The van der Waals surface area contributed by atoms with Gasteiger partial charge in [0.2, 0.25) is 5.91 Å². The van der Waals surface area contributed by atoms with Crippen molar-refractivity contribution in [1.82, 2.24) is 9.97 Å². The monoisotopic (exact) mass is 404 g/mol. The lowest BCUT2D eigenvalue weighted by molar-refractivity contribution is -0.124. The van der Waals surface area contributed by atoms with E-state index in [4.69, 9.17) is 5.73 Å². The van der Waals surface area contributed by atoms with Crippen molar-refractivity contribution >= 4 is 34.0 Å². The molecule has 2 aliphatic carbocycles. The third-order valence-electron chi connectivity index (χ3n) is 6.38.